The summed E-state index contributed by atoms with van der Waals surface area (Å²) in [6, 6.07) is 17.1. The van der Waals surface area contributed by atoms with E-state index >= 15 is 0 Å². The van der Waals surface area contributed by atoms with Crippen LogP contribution in [0.1, 0.15) is 38.3 Å². The minimum atomic E-state index is -4.37. The Kier molecular flexibility index (Phi) is 7.61. The molecule has 0 saturated carbocycles. The van der Waals surface area contributed by atoms with Crippen molar-refractivity contribution in [2.45, 2.75) is 6.42 Å². The summed E-state index contributed by atoms with van der Waals surface area (Å²) in [5.41, 5.74) is 7.94. The molecule has 10 heteroatoms. The molecule has 0 atom stereocenters. The van der Waals surface area contributed by atoms with E-state index in [4.69, 9.17) is 10.5 Å². The summed E-state index contributed by atoms with van der Waals surface area (Å²) in [5.74, 6) is -1.22. The minimum Gasteiger partial charge on any atom is -0.748 e. The number of benzene rings is 3. The molecule has 0 radical (unpaired) electrons. The van der Waals surface area contributed by atoms with Gasteiger partial charge in [0.25, 0.3) is 0 Å². The fourth-order valence-corrected chi connectivity index (χ4v) is 4.08. The molecule has 0 aromatic heterocycles. The molecule has 0 aliphatic heterocycles. The topological polar surface area (TPSA) is 139 Å². The third-order valence-corrected chi connectivity index (χ3v) is 5.84. The van der Waals surface area contributed by atoms with Gasteiger partial charge in [-0.25, -0.2) is 8.42 Å². The van der Waals surface area contributed by atoms with Gasteiger partial charge in [-0.3, -0.25) is 9.59 Å². The number of nitrogen functional groups attached to an aromatic ring is 1. The second-order valence-corrected chi connectivity index (χ2v) is 8.77. The van der Waals surface area contributed by atoms with Crippen molar-refractivity contribution in [3.8, 4) is 5.75 Å². The Hall–Kier alpha value is -2.69. The van der Waals surface area contributed by atoms with Gasteiger partial charge in [-0.2, -0.15) is 0 Å². The molecule has 33 heavy (non-hydrogen) atoms. The van der Waals surface area contributed by atoms with Crippen molar-refractivity contribution in [1.29, 1.82) is 0 Å². The zero-order valence-corrected chi connectivity index (χ0v) is 20.6. The smallest absolute Gasteiger partial charge is 0.748 e. The summed E-state index contributed by atoms with van der Waals surface area (Å²) in [6.45, 7) is -0.103. The number of ketones is 2. The molecule has 0 fully saturated rings. The standard InChI is InChI=1S/C23H20N2O6S.Na/c24-21-18(31-11-6-12-32(28,29)30)13-17(25-14-7-2-1-3-8-14)19-20(21)23(27)16-10-5-4-9-15(16)22(19)26;/h1-5,7-10,13,25H,6,11-12,24H2,(H,28,29,30);/q;+1/p-1. The van der Waals surface area contributed by atoms with E-state index in [9.17, 15) is 22.6 Å². The van der Waals surface area contributed by atoms with Crippen LogP contribution < -0.4 is 45.3 Å². The largest absolute Gasteiger partial charge is 1.00 e. The fourth-order valence-electron chi connectivity index (χ4n) is 3.61. The minimum absolute atomic E-state index is 0. The molecule has 0 heterocycles. The van der Waals surface area contributed by atoms with Crippen LogP contribution in [0.3, 0.4) is 0 Å². The molecule has 3 N–H and O–H groups in total. The third kappa shape index (κ3) is 5.29. The second-order valence-electron chi connectivity index (χ2n) is 7.24. The van der Waals surface area contributed by atoms with Crippen molar-refractivity contribution < 1.29 is 56.9 Å². The van der Waals surface area contributed by atoms with Crippen LogP contribution in [0.2, 0.25) is 0 Å². The van der Waals surface area contributed by atoms with Gasteiger partial charge in [0.15, 0.2) is 11.6 Å². The van der Waals surface area contributed by atoms with Gasteiger partial charge in [-0.15, -0.1) is 0 Å². The molecule has 3 aromatic carbocycles. The van der Waals surface area contributed by atoms with E-state index < -0.39 is 21.7 Å². The zero-order chi connectivity index (χ0) is 22.9. The Morgan fingerprint density at radius 3 is 2.09 bits per heavy atom. The molecule has 4 rings (SSSR count). The van der Waals surface area contributed by atoms with Crippen molar-refractivity contribution >= 4 is 38.7 Å². The summed E-state index contributed by atoms with van der Waals surface area (Å²) in [4.78, 5) is 26.6. The molecular formula is C23H19N2NaO6S. The molecule has 0 saturated heterocycles. The molecular weight excluding hydrogens is 455 g/mol. The van der Waals surface area contributed by atoms with E-state index in [1.165, 1.54) is 6.07 Å². The zero-order valence-electron chi connectivity index (χ0n) is 17.8. The van der Waals surface area contributed by atoms with Gasteiger partial charge in [-0.05, 0) is 18.6 Å². The Bertz CT molecular complexity index is 1330. The van der Waals surface area contributed by atoms with Crippen LogP contribution >= 0.6 is 0 Å². The fraction of sp³-hybridized carbons (Fsp3) is 0.130. The van der Waals surface area contributed by atoms with Crippen LogP contribution in [0.4, 0.5) is 17.1 Å². The number of para-hydroxylation sites is 1. The van der Waals surface area contributed by atoms with Gasteiger partial charge < -0.3 is 20.3 Å². The van der Waals surface area contributed by atoms with Crippen molar-refractivity contribution in [2.75, 3.05) is 23.4 Å². The SMILES string of the molecule is Nc1c(OCCCS(=O)(=O)[O-])cc(Nc2ccccc2)c2c1C(=O)c1ccccc1C2=O.[Na+]. The summed E-state index contributed by atoms with van der Waals surface area (Å²) >= 11 is 0. The average Bonchev–Trinajstić information content (AvgIpc) is 2.76. The van der Waals surface area contributed by atoms with Gasteiger partial charge in [0, 0.05) is 28.6 Å². The molecule has 1 aliphatic carbocycles. The van der Waals surface area contributed by atoms with Gasteiger partial charge in [0.05, 0.1) is 39.2 Å². The van der Waals surface area contributed by atoms with Gasteiger partial charge >= 0.3 is 29.6 Å². The van der Waals surface area contributed by atoms with E-state index in [1.54, 1.807) is 36.4 Å². The van der Waals surface area contributed by atoms with E-state index in [0.717, 1.165) is 0 Å². The number of carbonyl (C=O) groups excluding carboxylic acids is 2. The first kappa shape index (κ1) is 24.9. The molecule has 0 spiro atoms. The maximum atomic E-state index is 13.3. The van der Waals surface area contributed by atoms with E-state index in [-0.39, 0.29) is 82.1 Å². The number of anilines is 3. The molecule has 0 bridgehead atoms. The van der Waals surface area contributed by atoms with Crippen LogP contribution in [0, 0.1) is 0 Å². The van der Waals surface area contributed by atoms with Crippen LogP contribution in [-0.2, 0) is 10.1 Å². The first-order valence-corrected chi connectivity index (χ1v) is 11.4. The number of hydrogen-bond acceptors (Lipinski definition) is 8. The van der Waals surface area contributed by atoms with Crippen LogP contribution in [0.25, 0.3) is 0 Å². The van der Waals surface area contributed by atoms with Crippen molar-refractivity contribution in [3.63, 3.8) is 0 Å². The predicted molar refractivity (Wildman–Crippen MR) is 119 cm³/mol. The molecule has 1 aliphatic rings. The quantitative estimate of drug-likeness (QED) is 0.167. The molecule has 0 unspecified atom stereocenters. The molecule has 8 nitrogen and oxygen atoms in total. The molecule has 0 amide bonds. The Balaban J connectivity index is 0.00000306. The third-order valence-electron chi connectivity index (χ3n) is 5.05. The monoisotopic (exact) mass is 474 g/mol. The maximum Gasteiger partial charge on any atom is 1.00 e. The first-order chi connectivity index (χ1) is 15.3. The summed E-state index contributed by atoms with van der Waals surface area (Å²) in [7, 11) is -4.37. The predicted octanol–water partition coefficient (Wildman–Crippen LogP) is 0.106. The normalized spacial score (nSPS) is 12.4. The number of nitrogens with two attached hydrogens (primary N) is 1. The maximum absolute atomic E-state index is 13.3. The molecule has 3 aromatic rings. The van der Waals surface area contributed by atoms with Gasteiger partial charge in [0.2, 0.25) is 0 Å². The Morgan fingerprint density at radius 1 is 0.909 bits per heavy atom. The first-order valence-electron chi connectivity index (χ1n) is 9.79. The van der Waals surface area contributed by atoms with Crippen molar-refractivity contribution in [1.82, 2.24) is 0 Å². The van der Waals surface area contributed by atoms with Crippen molar-refractivity contribution in [3.05, 3.63) is 82.9 Å². The summed E-state index contributed by atoms with van der Waals surface area (Å²) in [5, 5.41) is 3.14. The van der Waals surface area contributed by atoms with E-state index in [1.807, 2.05) is 18.2 Å². The number of ether oxygens (including phenoxy) is 1. The van der Waals surface area contributed by atoms with Gasteiger partial charge in [-0.1, -0.05) is 42.5 Å². The second kappa shape index (κ2) is 10.1. The van der Waals surface area contributed by atoms with E-state index in [2.05, 4.69) is 5.32 Å². The average molecular weight is 474 g/mol. The number of carbonyl (C=O) groups is 2. The Labute approximate surface area is 213 Å². The number of fused-ring (bicyclic) bond motifs is 2. The van der Waals surface area contributed by atoms with Crippen molar-refractivity contribution in [2.24, 2.45) is 0 Å². The molecule has 164 valence electrons. The van der Waals surface area contributed by atoms with Crippen LogP contribution in [-0.4, -0.2) is 36.9 Å². The number of rotatable bonds is 7. The van der Waals surface area contributed by atoms with Gasteiger partial charge in [0.1, 0.15) is 5.75 Å². The summed E-state index contributed by atoms with van der Waals surface area (Å²) in [6.07, 6.45) is -0.0421. The summed E-state index contributed by atoms with van der Waals surface area (Å²) < 4.78 is 38.1. The Morgan fingerprint density at radius 2 is 1.48 bits per heavy atom. The van der Waals surface area contributed by atoms with Crippen LogP contribution in [0.5, 0.6) is 5.75 Å². The van der Waals surface area contributed by atoms with Crippen LogP contribution in [0.15, 0.2) is 60.7 Å². The number of hydrogen-bond donors (Lipinski definition) is 2. The van der Waals surface area contributed by atoms with E-state index in [0.29, 0.717) is 11.4 Å². The number of nitrogens with one attached hydrogen (secondary N) is 1.